The third kappa shape index (κ3) is 4.13. The molecule has 1 unspecified atom stereocenters. The zero-order valence-electron chi connectivity index (χ0n) is 11.8. The molecule has 110 valence electrons. The first kappa shape index (κ1) is 15.2. The van der Waals surface area contributed by atoms with E-state index in [1.807, 2.05) is 31.2 Å². The fourth-order valence-corrected chi connectivity index (χ4v) is 2.16. The predicted molar refractivity (Wildman–Crippen MR) is 80.4 cm³/mol. The summed E-state index contributed by atoms with van der Waals surface area (Å²) in [5.74, 6) is -0.726. The van der Waals surface area contributed by atoms with Crippen LogP contribution in [0.3, 0.4) is 0 Å². The molecule has 2 N–H and O–H groups in total. The van der Waals surface area contributed by atoms with E-state index in [0.717, 1.165) is 17.7 Å². The number of para-hydroxylation sites is 1. The van der Waals surface area contributed by atoms with Crippen LogP contribution in [0.15, 0.2) is 48.5 Å². The van der Waals surface area contributed by atoms with E-state index in [4.69, 9.17) is 0 Å². The number of carbonyl (C=O) groups excluding carboxylic acids is 1. The van der Waals surface area contributed by atoms with Crippen molar-refractivity contribution in [2.45, 2.75) is 25.9 Å². The number of anilines is 1. The van der Waals surface area contributed by atoms with Gasteiger partial charge in [-0.25, -0.2) is 4.39 Å². The zero-order valence-corrected chi connectivity index (χ0v) is 11.8. The number of hydrogen-bond acceptors (Lipinski definition) is 2. The van der Waals surface area contributed by atoms with Gasteiger partial charge in [0.15, 0.2) is 0 Å². The van der Waals surface area contributed by atoms with Gasteiger partial charge in [-0.1, -0.05) is 37.3 Å². The molecule has 3 nitrogen and oxygen atoms in total. The summed E-state index contributed by atoms with van der Waals surface area (Å²) in [4.78, 5) is 12.0. The molecule has 0 saturated carbocycles. The highest BCUT2D eigenvalue weighted by atomic mass is 19.1. The standard InChI is InChI=1S/C17H18FNO2/c1-2-12-6-3-4-9-15(12)19-17(21)11-16(20)13-7-5-8-14(18)10-13/h3-10,16,20H,2,11H2,1H3,(H,19,21). The Morgan fingerprint density at radius 1 is 1.24 bits per heavy atom. The lowest BCUT2D eigenvalue weighted by atomic mass is 10.1. The van der Waals surface area contributed by atoms with Crippen LogP contribution in [0.2, 0.25) is 0 Å². The Morgan fingerprint density at radius 3 is 2.71 bits per heavy atom. The van der Waals surface area contributed by atoms with E-state index < -0.39 is 11.9 Å². The van der Waals surface area contributed by atoms with Gasteiger partial charge in [-0.15, -0.1) is 0 Å². The largest absolute Gasteiger partial charge is 0.388 e. The maximum atomic E-state index is 13.1. The van der Waals surface area contributed by atoms with Crippen LogP contribution in [0.4, 0.5) is 10.1 Å². The molecule has 2 aromatic rings. The average Bonchev–Trinajstić information content (AvgIpc) is 2.47. The minimum absolute atomic E-state index is 0.110. The number of hydrogen-bond donors (Lipinski definition) is 2. The van der Waals surface area contributed by atoms with Crippen LogP contribution in [0.25, 0.3) is 0 Å². The van der Waals surface area contributed by atoms with E-state index >= 15 is 0 Å². The molecule has 0 aliphatic rings. The summed E-state index contributed by atoms with van der Waals surface area (Å²) < 4.78 is 13.1. The molecule has 0 radical (unpaired) electrons. The molecule has 21 heavy (non-hydrogen) atoms. The van der Waals surface area contributed by atoms with E-state index in [-0.39, 0.29) is 12.3 Å². The fourth-order valence-electron chi connectivity index (χ4n) is 2.16. The van der Waals surface area contributed by atoms with Crippen LogP contribution in [0.1, 0.15) is 30.6 Å². The molecule has 1 amide bonds. The highest BCUT2D eigenvalue weighted by Gasteiger charge is 2.14. The summed E-state index contributed by atoms with van der Waals surface area (Å²) in [6, 6.07) is 13.2. The Balaban J connectivity index is 2.01. The summed E-state index contributed by atoms with van der Waals surface area (Å²) in [5, 5.41) is 12.8. The summed E-state index contributed by atoms with van der Waals surface area (Å²) >= 11 is 0. The number of rotatable bonds is 5. The van der Waals surface area contributed by atoms with Gasteiger partial charge in [-0.05, 0) is 35.7 Å². The van der Waals surface area contributed by atoms with Crippen molar-refractivity contribution in [1.82, 2.24) is 0 Å². The lowest BCUT2D eigenvalue weighted by molar-refractivity contribution is -0.118. The molecule has 2 rings (SSSR count). The van der Waals surface area contributed by atoms with Crippen LogP contribution in [0, 0.1) is 5.82 Å². The van der Waals surface area contributed by atoms with Crippen LogP contribution in [-0.4, -0.2) is 11.0 Å². The molecule has 0 fully saturated rings. The second-order valence-corrected chi connectivity index (χ2v) is 4.83. The molecule has 1 atom stereocenters. The zero-order chi connectivity index (χ0) is 15.2. The minimum Gasteiger partial charge on any atom is -0.388 e. The number of aliphatic hydroxyl groups excluding tert-OH is 1. The van der Waals surface area contributed by atoms with E-state index in [1.54, 1.807) is 6.07 Å². The van der Waals surface area contributed by atoms with E-state index in [2.05, 4.69) is 5.32 Å². The summed E-state index contributed by atoms with van der Waals surface area (Å²) in [7, 11) is 0. The van der Waals surface area contributed by atoms with Gasteiger partial charge in [0.05, 0.1) is 12.5 Å². The Kier molecular flexibility index (Phi) is 5.06. The predicted octanol–water partition coefficient (Wildman–Crippen LogP) is 3.45. The highest BCUT2D eigenvalue weighted by molar-refractivity contribution is 5.91. The van der Waals surface area contributed by atoms with Crippen molar-refractivity contribution in [3.05, 3.63) is 65.5 Å². The van der Waals surface area contributed by atoms with Crippen molar-refractivity contribution in [3.63, 3.8) is 0 Å². The SMILES string of the molecule is CCc1ccccc1NC(=O)CC(O)c1cccc(F)c1. The van der Waals surface area contributed by atoms with E-state index in [1.165, 1.54) is 18.2 Å². The first-order valence-electron chi connectivity index (χ1n) is 6.91. The van der Waals surface area contributed by atoms with Crippen molar-refractivity contribution in [1.29, 1.82) is 0 Å². The Morgan fingerprint density at radius 2 is 2.00 bits per heavy atom. The maximum absolute atomic E-state index is 13.1. The lowest BCUT2D eigenvalue weighted by Gasteiger charge is -2.13. The minimum atomic E-state index is -1.02. The van der Waals surface area contributed by atoms with Gasteiger partial charge in [0, 0.05) is 5.69 Å². The number of aryl methyl sites for hydroxylation is 1. The molecular weight excluding hydrogens is 269 g/mol. The van der Waals surface area contributed by atoms with Gasteiger partial charge < -0.3 is 10.4 Å². The van der Waals surface area contributed by atoms with E-state index in [0.29, 0.717) is 5.56 Å². The van der Waals surface area contributed by atoms with Crippen LogP contribution in [-0.2, 0) is 11.2 Å². The van der Waals surface area contributed by atoms with Gasteiger partial charge >= 0.3 is 0 Å². The molecule has 4 heteroatoms. The van der Waals surface area contributed by atoms with Gasteiger partial charge in [-0.3, -0.25) is 4.79 Å². The average molecular weight is 287 g/mol. The molecule has 0 heterocycles. The summed E-state index contributed by atoms with van der Waals surface area (Å²) in [6.45, 7) is 2.01. The Labute approximate surface area is 123 Å². The third-order valence-electron chi connectivity index (χ3n) is 3.28. The van der Waals surface area contributed by atoms with Crippen molar-refractivity contribution >= 4 is 11.6 Å². The highest BCUT2D eigenvalue weighted by Crippen LogP contribution is 2.20. The van der Waals surface area contributed by atoms with Crippen LogP contribution < -0.4 is 5.32 Å². The molecular formula is C17H18FNO2. The van der Waals surface area contributed by atoms with Crippen LogP contribution in [0.5, 0.6) is 0 Å². The Hall–Kier alpha value is -2.20. The second-order valence-electron chi connectivity index (χ2n) is 4.83. The maximum Gasteiger partial charge on any atom is 0.227 e. The summed E-state index contributed by atoms with van der Waals surface area (Å²) in [6.07, 6.45) is -0.320. The van der Waals surface area contributed by atoms with Crippen LogP contribution >= 0.6 is 0 Å². The number of carbonyl (C=O) groups is 1. The van der Waals surface area contributed by atoms with Gasteiger partial charge in [0.2, 0.25) is 5.91 Å². The molecule has 0 aliphatic heterocycles. The number of amides is 1. The smallest absolute Gasteiger partial charge is 0.227 e. The third-order valence-corrected chi connectivity index (χ3v) is 3.28. The molecule has 2 aromatic carbocycles. The summed E-state index contributed by atoms with van der Waals surface area (Å²) in [5.41, 5.74) is 2.18. The molecule has 0 spiro atoms. The second kappa shape index (κ2) is 6.99. The molecule has 0 aliphatic carbocycles. The number of aliphatic hydroxyl groups is 1. The first-order valence-corrected chi connectivity index (χ1v) is 6.91. The number of benzene rings is 2. The van der Waals surface area contributed by atoms with Crippen molar-refractivity contribution in [3.8, 4) is 0 Å². The lowest BCUT2D eigenvalue weighted by Crippen LogP contribution is -2.16. The van der Waals surface area contributed by atoms with Crippen molar-refractivity contribution in [2.75, 3.05) is 5.32 Å². The normalized spacial score (nSPS) is 12.0. The van der Waals surface area contributed by atoms with Gasteiger partial charge in [0.1, 0.15) is 5.82 Å². The van der Waals surface area contributed by atoms with Crippen molar-refractivity contribution in [2.24, 2.45) is 0 Å². The van der Waals surface area contributed by atoms with Gasteiger partial charge in [0.25, 0.3) is 0 Å². The quantitative estimate of drug-likeness (QED) is 0.885. The Bertz CT molecular complexity index is 628. The number of halogens is 1. The first-order chi connectivity index (χ1) is 10.1. The topological polar surface area (TPSA) is 49.3 Å². The van der Waals surface area contributed by atoms with E-state index in [9.17, 15) is 14.3 Å². The molecule has 0 saturated heterocycles. The number of nitrogens with one attached hydrogen (secondary N) is 1. The molecule has 0 bridgehead atoms. The molecule has 0 aromatic heterocycles. The fraction of sp³-hybridized carbons (Fsp3) is 0.235. The van der Waals surface area contributed by atoms with Gasteiger partial charge in [-0.2, -0.15) is 0 Å². The monoisotopic (exact) mass is 287 g/mol. The van der Waals surface area contributed by atoms with Crippen molar-refractivity contribution < 1.29 is 14.3 Å².